The third kappa shape index (κ3) is 5.80. The van der Waals surface area contributed by atoms with Crippen molar-refractivity contribution in [3.63, 3.8) is 0 Å². The van der Waals surface area contributed by atoms with Crippen LogP contribution in [0, 0.1) is 4.91 Å². The minimum Gasteiger partial charge on any atom is -0.197 e. The average molecular weight is 324 g/mol. The number of nitroso groups, excluding NO2 is 1. The topological polar surface area (TPSA) is 32.7 Å². The zero-order valence-electron chi connectivity index (χ0n) is 14.7. The Bertz CT molecular complexity index is 581. The van der Waals surface area contributed by atoms with Crippen LogP contribution in [0.3, 0.4) is 0 Å². The Balaban J connectivity index is 1.81. The molecule has 0 spiro atoms. The number of anilines is 2. The number of nitrogens with zero attached hydrogens (tertiary/aromatic N) is 2. The molecule has 0 amide bonds. The van der Waals surface area contributed by atoms with Gasteiger partial charge in [-0.3, -0.25) is 0 Å². The fourth-order valence-corrected chi connectivity index (χ4v) is 2.90. The molecule has 0 atom stereocenters. The Labute approximate surface area is 145 Å². The van der Waals surface area contributed by atoms with E-state index in [1.54, 1.807) is 0 Å². The maximum absolute atomic E-state index is 11.2. The van der Waals surface area contributed by atoms with Gasteiger partial charge in [-0.05, 0) is 42.7 Å². The van der Waals surface area contributed by atoms with Gasteiger partial charge < -0.3 is 0 Å². The molecule has 0 aliphatic carbocycles. The van der Waals surface area contributed by atoms with Crippen LogP contribution in [0.5, 0.6) is 0 Å². The summed E-state index contributed by atoms with van der Waals surface area (Å²) in [4.78, 5) is 11.2. The van der Waals surface area contributed by atoms with Gasteiger partial charge in [-0.15, -0.1) is 4.91 Å². The van der Waals surface area contributed by atoms with Crippen LogP contribution in [-0.2, 0) is 6.42 Å². The van der Waals surface area contributed by atoms with E-state index in [1.807, 2.05) is 42.5 Å². The first kappa shape index (κ1) is 18.2. The van der Waals surface area contributed by atoms with E-state index in [1.165, 1.54) is 55.5 Å². The highest BCUT2D eigenvalue weighted by atomic mass is 16.3. The molecule has 3 nitrogen and oxygen atoms in total. The molecule has 0 bridgehead atoms. The maximum atomic E-state index is 11.2. The summed E-state index contributed by atoms with van der Waals surface area (Å²) in [7, 11) is 0. The molecule has 0 aliphatic rings. The fraction of sp³-hybridized carbons (Fsp3) is 0.429. The number of hydrogen-bond acceptors (Lipinski definition) is 2. The smallest absolute Gasteiger partial charge is 0.0685 e. The molecule has 0 N–H and O–H groups in total. The summed E-state index contributed by atoms with van der Waals surface area (Å²) in [5.74, 6) is 0. The van der Waals surface area contributed by atoms with Gasteiger partial charge in [0.15, 0.2) is 0 Å². The first-order chi connectivity index (χ1) is 11.8. The van der Waals surface area contributed by atoms with Crippen molar-refractivity contribution in [1.29, 1.82) is 0 Å². The SMILES string of the molecule is CCCCCCCCCc1ccc(N(N=O)c2ccccc2)cc1. The second kappa shape index (κ2) is 10.6. The average Bonchev–Trinajstić information content (AvgIpc) is 2.64. The van der Waals surface area contributed by atoms with Crippen LogP contribution in [0.25, 0.3) is 0 Å². The van der Waals surface area contributed by atoms with E-state index in [0.29, 0.717) is 0 Å². The largest absolute Gasteiger partial charge is 0.197 e. The Morgan fingerprint density at radius 3 is 1.96 bits per heavy atom. The lowest BCUT2D eigenvalue weighted by Gasteiger charge is -2.15. The van der Waals surface area contributed by atoms with Crippen molar-refractivity contribution in [2.24, 2.45) is 5.29 Å². The second-order valence-corrected chi connectivity index (χ2v) is 6.27. The van der Waals surface area contributed by atoms with Gasteiger partial charge in [0.2, 0.25) is 0 Å². The highest BCUT2D eigenvalue weighted by Gasteiger charge is 2.08. The molecular formula is C21H28N2O. The van der Waals surface area contributed by atoms with Gasteiger partial charge in [-0.2, -0.15) is 5.01 Å². The lowest BCUT2D eigenvalue weighted by molar-refractivity contribution is 0.589. The first-order valence-electron chi connectivity index (χ1n) is 9.12. The van der Waals surface area contributed by atoms with Crippen molar-refractivity contribution in [1.82, 2.24) is 0 Å². The standard InChI is InChI=1S/C21H28N2O/c1-2-3-4-5-6-7-9-12-19-15-17-21(18-16-19)23(22-24)20-13-10-8-11-14-20/h8,10-11,13-18H,2-7,9,12H2,1H3. The van der Waals surface area contributed by atoms with Gasteiger partial charge in [0, 0.05) is 0 Å². The zero-order chi connectivity index (χ0) is 17.0. The highest BCUT2D eigenvalue weighted by molar-refractivity contribution is 5.62. The monoisotopic (exact) mass is 324 g/mol. The maximum Gasteiger partial charge on any atom is 0.0685 e. The molecular weight excluding hydrogens is 296 g/mol. The number of aryl methyl sites for hydroxylation is 1. The molecule has 0 unspecified atom stereocenters. The molecule has 2 aromatic rings. The molecule has 3 heteroatoms. The van der Waals surface area contributed by atoms with Crippen LogP contribution in [0.15, 0.2) is 59.9 Å². The lowest BCUT2D eigenvalue weighted by Crippen LogP contribution is -2.07. The number of rotatable bonds is 11. The van der Waals surface area contributed by atoms with Crippen molar-refractivity contribution in [2.75, 3.05) is 5.01 Å². The molecule has 0 saturated carbocycles. The first-order valence-corrected chi connectivity index (χ1v) is 9.12. The predicted octanol–water partition coefficient (Wildman–Crippen LogP) is 6.80. The van der Waals surface area contributed by atoms with Crippen LogP contribution in [-0.4, -0.2) is 0 Å². The van der Waals surface area contributed by atoms with Crippen molar-refractivity contribution < 1.29 is 0 Å². The third-order valence-electron chi connectivity index (χ3n) is 4.33. The summed E-state index contributed by atoms with van der Waals surface area (Å²) in [5.41, 5.74) is 2.91. The van der Waals surface area contributed by atoms with Crippen LogP contribution in [0.1, 0.15) is 57.4 Å². The predicted molar refractivity (Wildman–Crippen MR) is 103 cm³/mol. The Hall–Kier alpha value is -2.16. The van der Waals surface area contributed by atoms with Gasteiger partial charge in [0.05, 0.1) is 16.7 Å². The normalized spacial score (nSPS) is 10.5. The van der Waals surface area contributed by atoms with E-state index < -0.39 is 0 Å². The third-order valence-corrected chi connectivity index (χ3v) is 4.33. The van der Waals surface area contributed by atoms with Crippen LogP contribution >= 0.6 is 0 Å². The van der Waals surface area contributed by atoms with E-state index >= 15 is 0 Å². The molecule has 0 saturated heterocycles. The minimum atomic E-state index is 0.785. The summed E-state index contributed by atoms with van der Waals surface area (Å²) in [6.07, 6.45) is 10.4. The molecule has 24 heavy (non-hydrogen) atoms. The van der Waals surface area contributed by atoms with Crippen molar-refractivity contribution in [3.8, 4) is 0 Å². The summed E-state index contributed by atoms with van der Waals surface area (Å²) in [6.45, 7) is 2.25. The molecule has 2 aromatic carbocycles. The van der Waals surface area contributed by atoms with E-state index in [0.717, 1.165) is 17.8 Å². The zero-order valence-corrected chi connectivity index (χ0v) is 14.7. The molecule has 0 fully saturated rings. The minimum absolute atomic E-state index is 0.785. The van der Waals surface area contributed by atoms with Crippen molar-refractivity contribution in [3.05, 3.63) is 65.1 Å². The van der Waals surface area contributed by atoms with Gasteiger partial charge >= 0.3 is 0 Å². The number of para-hydroxylation sites is 1. The van der Waals surface area contributed by atoms with Crippen molar-refractivity contribution in [2.45, 2.75) is 58.3 Å². The number of hydrogen-bond donors (Lipinski definition) is 0. The van der Waals surface area contributed by atoms with E-state index in [2.05, 4.69) is 24.3 Å². The molecule has 0 aliphatic heterocycles. The Morgan fingerprint density at radius 2 is 1.33 bits per heavy atom. The highest BCUT2D eigenvalue weighted by Crippen LogP contribution is 2.26. The Kier molecular flexibility index (Phi) is 8.02. The summed E-state index contributed by atoms with van der Waals surface area (Å²) >= 11 is 0. The molecule has 0 radical (unpaired) electrons. The van der Waals surface area contributed by atoms with E-state index in [4.69, 9.17) is 0 Å². The van der Waals surface area contributed by atoms with Crippen LogP contribution in [0.4, 0.5) is 11.4 Å². The summed E-state index contributed by atoms with van der Waals surface area (Å²) < 4.78 is 0. The Morgan fingerprint density at radius 1 is 0.750 bits per heavy atom. The van der Waals surface area contributed by atoms with Gasteiger partial charge in [-0.1, -0.05) is 75.8 Å². The summed E-state index contributed by atoms with van der Waals surface area (Å²) in [6, 6.07) is 17.7. The quantitative estimate of drug-likeness (QED) is 0.259. The van der Waals surface area contributed by atoms with E-state index in [-0.39, 0.29) is 0 Å². The number of unbranched alkanes of at least 4 members (excludes halogenated alkanes) is 6. The molecule has 2 rings (SSSR count). The molecule has 128 valence electrons. The van der Waals surface area contributed by atoms with Gasteiger partial charge in [-0.25, -0.2) is 0 Å². The van der Waals surface area contributed by atoms with Gasteiger partial charge in [0.1, 0.15) is 0 Å². The summed E-state index contributed by atoms with van der Waals surface area (Å²) in [5, 5.41) is 4.58. The van der Waals surface area contributed by atoms with Gasteiger partial charge in [0.25, 0.3) is 0 Å². The van der Waals surface area contributed by atoms with E-state index in [9.17, 15) is 4.91 Å². The molecule has 0 aromatic heterocycles. The lowest BCUT2D eigenvalue weighted by atomic mass is 10.0. The molecule has 0 heterocycles. The second-order valence-electron chi connectivity index (χ2n) is 6.27. The number of benzene rings is 2. The fourth-order valence-electron chi connectivity index (χ4n) is 2.90. The van der Waals surface area contributed by atoms with Crippen molar-refractivity contribution >= 4 is 11.4 Å². The van der Waals surface area contributed by atoms with Crippen LogP contribution in [0.2, 0.25) is 0 Å². The van der Waals surface area contributed by atoms with Crippen LogP contribution < -0.4 is 5.01 Å².